The predicted molar refractivity (Wildman–Crippen MR) is 200 cm³/mol. The standard InChI is InChI=1S/C44H35N5/c1-43(2)35-18-10-8-16-31(35)33-25-26-34-32-17-9-11-20-37(32)49(39(34)38(33)44(43,3)4)30-23-21-29(22-24-30)41-46-40(28-14-6-5-7-15-28)47-42(48-41)36-19-12-13-27-45-36/h5-27H,1-4H3. The zero-order valence-corrected chi connectivity index (χ0v) is 28.0. The molecule has 49 heavy (non-hydrogen) atoms. The molecule has 3 aromatic heterocycles. The van der Waals surface area contributed by atoms with Gasteiger partial charge in [-0.25, -0.2) is 15.0 Å². The molecular weight excluding hydrogens is 599 g/mol. The molecular formula is C44H35N5. The topological polar surface area (TPSA) is 56.5 Å². The Morgan fingerprint density at radius 2 is 1.14 bits per heavy atom. The van der Waals surface area contributed by atoms with Gasteiger partial charge in [0.05, 0.1) is 11.0 Å². The Morgan fingerprint density at radius 3 is 1.90 bits per heavy atom. The summed E-state index contributed by atoms with van der Waals surface area (Å²) in [6.07, 6.45) is 1.77. The highest BCUT2D eigenvalue weighted by atomic mass is 15.0. The van der Waals surface area contributed by atoms with Crippen molar-refractivity contribution in [3.63, 3.8) is 0 Å². The number of rotatable bonds is 4. The summed E-state index contributed by atoms with van der Waals surface area (Å²) in [5, 5.41) is 2.52. The zero-order valence-electron chi connectivity index (χ0n) is 28.0. The van der Waals surface area contributed by atoms with Crippen LogP contribution in [-0.2, 0) is 10.8 Å². The van der Waals surface area contributed by atoms with Crippen molar-refractivity contribution in [2.45, 2.75) is 38.5 Å². The van der Waals surface area contributed by atoms with Crippen LogP contribution in [0.1, 0.15) is 38.8 Å². The minimum Gasteiger partial charge on any atom is -0.309 e. The van der Waals surface area contributed by atoms with E-state index in [0.717, 1.165) is 16.8 Å². The summed E-state index contributed by atoms with van der Waals surface area (Å²) in [5.74, 6) is 1.78. The number of hydrogen-bond acceptors (Lipinski definition) is 4. The van der Waals surface area contributed by atoms with Crippen molar-refractivity contribution in [2.24, 2.45) is 0 Å². The molecule has 3 heterocycles. The SMILES string of the molecule is CC1(C)c2ccccc2-c2ccc3c4ccccc4n(-c4ccc(-c5nc(-c6ccccc6)nc(-c6ccccn6)n5)cc4)c3c2C1(C)C. The number of fused-ring (bicyclic) bond motifs is 7. The third-order valence-corrected chi connectivity index (χ3v) is 10.9. The van der Waals surface area contributed by atoms with Crippen LogP contribution in [0.25, 0.3) is 72.9 Å². The predicted octanol–water partition coefficient (Wildman–Crippen LogP) is 10.6. The van der Waals surface area contributed by atoms with Gasteiger partial charge in [-0.05, 0) is 70.1 Å². The number of nitrogens with zero attached hydrogens (tertiary/aromatic N) is 5. The summed E-state index contributed by atoms with van der Waals surface area (Å²) in [6, 6.07) is 46.8. The van der Waals surface area contributed by atoms with Gasteiger partial charge in [0.25, 0.3) is 0 Å². The lowest BCUT2D eigenvalue weighted by atomic mass is 9.55. The largest absolute Gasteiger partial charge is 0.309 e. The van der Waals surface area contributed by atoms with Crippen LogP contribution in [0.3, 0.4) is 0 Å². The van der Waals surface area contributed by atoms with Crippen LogP contribution in [-0.4, -0.2) is 24.5 Å². The molecule has 0 unspecified atom stereocenters. The lowest BCUT2D eigenvalue weighted by Crippen LogP contribution is -2.43. The molecule has 0 spiro atoms. The molecule has 0 aliphatic heterocycles. The van der Waals surface area contributed by atoms with Crippen molar-refractivity contribution in [1.29, 1.82) is 0 Å². The second kappa shape index (κ2) is 10.8. The van der Waals surface area contributed by atoms with E-state index in [1.165, 1.54) is 44.1 Å². The van der Waals surface area contributed by atoms with Crippen molar-refractivity contribution in [3.05, 3.63) is 151 Å². The Labute approximate surface area is 286 Å². The molecule has 8 aromatic rings. The van der Waals surface area contributed by atoms with Crippen LogP contribution in [0, 0.1) is 0 Å². The van der Waals surface area contributed by atoms with Crippen molar-refractivity contribution in [1.82, 2.24) is 24.5 Å². The van der Waals surface area contributed by atoms with Crippen LogP contribution in [0.15, 0.2) is 140 Å². The molecule has 0 atom stereocenters. The fourth-order valence-corrected chi connectivity index (χ4v) is 7.69. The van der Waals surface area contributed by atoms with Gasteiger partial charge in [-0.3, -0.25) is 4.98 Å². The van der Waals surface area contributed by atoms with Gasteiger partial charge in [0.15, 0.2) is 17.5 Å². The zero-order chi connectivity index (χ0) is 33.3. The van der Waals surface area contributed by atoms with Crippen molar-refractivity contribution >= 4 is 21.8 Å². The summed E-state index contributed by atoms with van der Waals surface area (Å²) < 4.78 is 2.46. The van der Waals surface area contributed by atoms with Gasteiger partial charge < -0.3 is 4.57 Å². The summed E-state index contributed by atoms with van der Waals surface area (Å²) in [7, 11) is 0. The van der Waals surface area contributed by atoms with Crippen molar-refractivity contribution in [3.8, 4) is 51.1 Å². The first-order valence-electron chi connectivity index (χ1n) is 16.8. The molecule has 236 valence electrons. The van der Waals surface area contributed by atoms with Gasteiger partial charge in [0.1, 0.15) is 5.69 Å². The van der Waals surface area contributed by atoms with E-state index in [9.17, 15) is 0 Å². The smallest absolute Gasteiger partial charge is 0.182 e. The second-order valence-electron chi connectivity index (χ2n) is 14.0. The van der Waals surface area contributed by atoms with Crippen LogP contribution >= 0.6 is 0 Å². The minimum absolute atomic E-state index is 0.0868. The lowest BCUT2D eigenvalue weighted by molar-refractivity contribution is 0.301. The maximum absolute atomic E-state index is 4.95. The number of aromatic nitrogens is 5. The average Bonchev–Trinajstić information content (AvgIpc) is 3.49. The molecule has 9 rings (SSSR count). The van der Waals surface area contributed by atoms with E-state index < -0.39 is 0 Å². The molecule has 5 heteroatoms. The second-order valence-corrected chi connectivity index (χ2v) is 14.0. The Bertz CT molecular complexity index is 2470. The fraction of sp³-hybridized carbons (Fsp3) is 0.136. The van der Waals surface area contributed by atoms with Crippen LogP contribution in [0.5, 0.6) is 0 Å². The van der Waals surface area contributed by atoms with E-state index in [1.807, 2.05) is 48.5 Å². The maximum atomic E-state index is 4.95. The van der Waals surface area contributed by atoms with Gasteiger partial charge in [-0.1, -0.05) is 119 Å². The van der Waals surface area contributed by atoms with Crippen molar-refractivity contribution in [2.75, 3.05) is 0 Å². The molecule has 0 bridgehead atoms. The molecule has 0 radical (unpaired) electrons. The summed E-state index contributed by atoms with van der Waals surface area (Å²) in [4.78, 5) is 19.2. The first-order chi connectivity index (χ1) is 23.8. The van der Waals surface area contributed by atoms with Gasteiger partial charge >= 0.3 is 0 Å². The summed E-state index contributed by atoms with van der Waals surface area (Å²) in [5.41, 5.74) is 11.3. The highest BCUT2D eigenvalue weighted by Gasteiger charge is 2.47. The Balaban J connectivity index is 1.26. The molecule has 0 N–H and O–H groups in total. The fourth-order valence-electron chi connectivity index (χ4n) is 7.69. The first kappa shape index (κ1) is 29.2. The van der Waals surface area contributed by atoms with Gasteiger partial charge in [0.2, 0.25) is 0 Å². The third-order valence-electron chi connectivity index (χ3n) is 10.9. The maximum Gasteiger partial charge on any atom is 0.182 e. The Morgan fingerprint density at radius 1 is 0.490 bits per heavy atom. The molecule has 0 amide bonds. The lowest BCUT2D eigenvalue weighted by Gasteiger charge is -2.48. The Hall–Kier alpha value is -5.94. The van der Waals surface area contributed by atoms with Gasteiger partial charge in [-0.15, -0.1) is 0 Å². The molecule has 1 aliphatic rings. The molecule has 1 aliphatic carbocycles. The van der Waals surface area contributed by atoms with Gasteiger partial charge in [0, 0.05) is 39.2 Å². The highest BCUT2D eigenvalue weighted by molar-refractivity contribution is 6.12. The summed E-state index contributed by atoms with van der Waals surface area (Å²) >= 11 is 0. The van der Waals surface area contributed by atoms with Crippen molar-refractivity contribution < 1.29 is 0 Å². The monoisotopic (exact) mass is 633 g/mol. The number of para-hydroxylation sites is 1. The Kier molecular flexibility index (Phi) is 6.44. The van der Waals surface area contributed by atoms with E-state index in [-0.39, 0.29) is 10.8 Å². The normalized spacial score (nSPS) is 14.4. The van der Waals surface area contributed by atoms with E-state index in [1.54, 1.807) is 6.20 Å². The van der Waals surface area contributed by atoms with Crippen LogP contribution in [0.2, 0.25) is 0 Å². The van der Waals surface area contributed by atoms with E-state index >= 15 is 0 Å². The van der Waals surface area contributed by atoms with Crippen LogP contribution < -0.4 is 0 Å². The molecule has 5 nitrogen and oxygen atoms in total. The third kappa shape index (κ3) is 4.39. The average molecular weight is 634 g/mol. The van der Waals surface area contributed by atoms with Gasteiger partial charge in [-0.2, -0.15) is 0 Å². The first-order valence-corrected chi connectivity index (χ1v) is 16.8. The molecule has 5 aromatic carbocycles. The molecule has 0 saturated heterocycles. The summed E-state index contributed by atoms with van der Waals surface area (Å²) in [6.45, 7) is 9.62. The van der Waals surface area contributed by atoms with E-state index in [0.29, 0.717) is 23.2 Å². The minimum atomic E-state index is -0.150. The molecule has 0 saturated carbocycles. The highest BCUT2D eigenvalue weighted by Crippen LogP contribution is 2.56. The van der Waals surface area contributed by atoms with E-state index in [4.69, 9.17) is 15.0 Å². The number of benzene rings is 5. The quantitative estimate of drug-likeness (QED) is 0.193. The number of hydrogen-bond donors (Lipinski definition) is 0. The van der Waals surface area contributed by atoms with E-state index in [2.05, 4.69) is 122 Å². The number of pyridine rings is 1. The molecule has 0 fully saturated rings. The van der Waals surface area contributed by atoms with Crippen LogP contribution in [0.4, 0.5) is 0 Å².